The van der Waals surface area contributed by atoms with Crippen molar-refractivity contribution in [3.63, 3.8) is 0 Å². The predicted molar refractivity (Wildman–Crippen MR) is 77.2 cm³/mol. The molecule has 1 aromatic rings. The summed E-state index contributed by atoms with van der Waals surface area (Å²) in [5.74, 6) is -0.150. The van der Waals surface area contributed by atoms with Crippen LogP contribution in [0, 0.1) is 0 Å². The second-order valence-corrected chi connectivity index (χ2v) is 5.92. The molecule has 0 bridgehead atoms. The minimum atomic E-state index is -0.370. The fourth-order valence-corrected chi connectivity index (χ4v) is 3.24. The van der Waals surface area contributed by atoms with Gasteiger partial charge in [-0.1, -0.05) is 23.2 Å². The van der Waals surface area contributed by atoms with Crippen LogP contribution in [0.3, 0.4) is 0 Å². The normalized spacial score (nSPS) is 26.3. The number of hydrogen-bond acceptors (Lipinski definition) is 3. The molecule has 1 aromatic carbocycles. The first-order valence-electron chi connectivity index (χ1n) is 6.32. The summed E-state index contributed by atoms with van der Waals surface area (Å²) < 4.78 is 0. The number of nitrogens with zero attached hydrogens (tertiary/aromatic N) is 1. The Balaban J connectivity index is 2.17. The number of nitrogens with one attached hydrogen (secondary N) is 2. The maximum absolute atomic E-state index is 12.3. The molecule has 2 aliphatic heterocycles. The number of hydrogen-bond donors (Lipinski definition) is 2. The van der Waals surface area contributed by atoms with Crippen LogP contribution >= 0.6 is 23.2 Å². The second kappa shape index (κ2) is 4.54. The first-order valence-corrected chi connectivity index (χ1v) is 7.07. The van der Waals surface area contributed by atoms with E-state index in [-0.39, 0.29) is 11.6 Å². The minimum Gasteiger partial charge on any atom is -0.347 e. The minimum absolute atomic E-state index is 0.150. The molecule has 4 nitrogen and oxygen atoms in total. The van der Waals surface area contributed by atoms with E-state index in [0.29, 0.717) is 15.6 Å². The topological polar surface area (TPSA) is 44.4 Å². The van der Waals surface area contributed by atoms with Crippen LogP contribution in [0.4, 0.5) is 5.69 Å². The summed E-state index contributed by atoms with van der Waals surface area (Å²) in [6, 6.07) is 3.63. The van der Waals surface area contributed by atoms with E-state index in [0.717, 1.165) is 31.7 Å². The smallest absolute Gasteiger partial charge is 0.256 e. The highest BCUT2D eigenvalue weighted by atomic mass is 35.5. The summed E-state index contributed by atoms with van der Waals surface area (Å²) >= 11 is 12.2. The van der Waals surface area contributed by atoms with E-state index in [1.165, 1.54) is 0 Å². The number of carbonyl (C=O) groups excluding carboxylic acids is 1. The van der Waals surface area contributed by atoms with E-state index in [4.69, 9.17) is 23.2 Å². The van der Waals surface area contributed by atoms with Crippen LogP contribution in [-0.2, 0) is 0 Å². The molecule has 0 radical (unpaired) electrons. The third-order valence-corrected chi connectivity index (χ3v) is 4.67. The fraction of sp³-hybridized carbons (Fsp3) is 0.462. The summed E-state index contributed by atoms with van der Waals surface area (Å²) in [5, 5.41) is 7.15. The van der Waals surface area contributed by atoms with Gasteiger partial charge in [-0.25, -0.2) is 0 Å². The van der Waals surface area contributed by atoms with Crippen molar-refractivity contribution in [2.45, 2.75) is 19.0 Å². The summed E-state index contributed by atoms with van der Waals surface area (Å²) in [4.78, 5) is 14.5. The summed E-state index contributed by atoms with van der Waals surface area (Å²) in [6.07, 6.45) is 0.846. The summed E-state index contributed by atoms with van der Waals surface area (Å²) in [5.41, 5.74) is 0.975. The Morgan fingerprint density at radius 3 is 2.89 bits per heavy atom. The van der Waals surface area contributed by atoms with Crippen LogP contribution in [0.5, 0.6) is 0 Å². The van der Waals surface area contributed by atoms with Crippen molar-refractivity contribution >= 4 is 34.8 Å². The number of fused-ring (bicyclic) bond motifs is 3. The van der Waals surface area contributed by atoms with Gasteiger partial charge in [0.1, 0.15) is 5.66 Å². The van der Waals surface area contributed by atoms with Gasteiger partial charge in [0.2, 0.25) is 0 Å². The number of halogens is 2. The standard InChI is InChI=1S/C13H15Cl2N3O/c1-13-4-5-16-6-7-18(13)9-3-2-8(14)11(15)10(9)12(19)17-13/h2-3,16H,4-7H2,1H3,(H,17,19)/t13-/m0/s1. The number of amides is 1. The van der Waals surface area contributed by atoms with Crippen LogP contribution in [-0.4, -0.2) is 31.2 Å². The van der Waals surface area contributed by atoms with Crippen LogP contribution in [0.15, 0.2) is 12.1 Å². The molecule has 0 unspecified atom stereocenters. The average Bonchev–Trinajstić information content (AvgIpc) is 2.54. The third-order valence-electron chi connectivity index (χ3n) is 3.87. The van der Waals surface area contributed by atoms with Gasteiger partial charge in [0, 0.05) is 19.5 Å². The maximum Gasteiger partial charge on any atom is 0.256 e. The second-order valence-electron chi connectivity index (χ2n) is 5.14. The van der Waals surface area contributed by atoms with E-state index in [2.05, 4.69) is 15.5 Å². The zero-order chi connectivity index (χ0) is 13.6. The van der Waals surface area contributed by atoms with Crippen LogP contribution in [0.25, 0.3) is 0 Å². The molecule has 3 rings (SSSR count). The van der Waals surface area contributed by atoms with Gasteiger partial charge < -0.3 is 15.5 Å². The molecule has 2 heterocycles. The van der Waals surface area contributed by atoms with Crippen molar-refractivity contribution in [1.29, 1.82) is 0 Å². The van der Waals surface area contributed by atoms with E-state index in [1.54, 1.807) is 6.07 Å². The molecular formula is C13H15Cl2N3O. The Kier molecular flexibility index (Phi) is 3.12. The van der Waals surface area contributed by atoms with Crippen LogP contribution in [0.1, 0.15) is 23.7 Å². The van der Waals surface area contributed by atoms with Crippen molar-refractivity contribution < 1.29 is 4.79 Å². The lowest BCUT2D eigenvalue weighted by atomic mass is 9.98. The number of rotatable bonds is 0. The number of anilines is 1. The van der Waals surface area contributed by atoms with Gasteiger partial charge in [-0.05, 0) is 25.6 Å². The number of carbonyl (C=O) groups is 1. The molecule has 2 aliphatic rings. The van der Waals surface area contributed by atoms with E-state index in [9.17, 15) is 4.79 Å². The van der Waals surface area contributed by atoms with Gasteiger partial charge >= 0.3 is 0 Å². The summed E-state index contributed by atoms with van der Waals surface area (Å²) in [7, 11) is 0. The van der Waals surface area contributed by atoms with Gasteiger partial charge in [-0.2, -0.15) is 0 Å². The van der Waals surface area contributed by atoms with E-state index >= 15 is 0 Å². The highest BCUT2D eigenvalue weighted by Crippen LogP contribution is 2.39. The first-order chi connectivity index (χ1) is 9.03. The van der Waals surface area contributed by atoms with E-state index in [1.807, 2.05) is 13.0 Å². The molecule has 1 fully saturated rings. The van der Waals surface area contributed by atoms with Crippen molar-refractivity contribution in [1.82, 2.24) is 10.6 Å². The zero-order valence-corrected chi connectivity index (χ0v) is 12.1. The SMILES string of the molecule is C[C@@]12CCNCCN1c1ccc(Cl)c(Cl)c1C(=O)N2. The highest BCUT2D eigenvalue weighted by molar-refractivity contribution is 6.44. The Labute approximate surface area is 122 Å². The molecule has 0 saturated carbocycles. The molecular weight excluding hydrogens is 285 g/mol. The molecule has 2 N–H and O–H groups in total. The molecule has 1 amide bonds. The van der Waals surface area contributed by atoms with Gasteiger partial charge in [0.25, 0.3) is 5.91 Å². The van der Waals surface area contributed by atoms with Crippen LogP contribution < -0.4 is 15.5 Å². The third kappa shape index (κ3) is 1.98. The molecule has 102 valence electrons. The van der Waals surface area contributed by atoms with Gasteiger partial charge in [0.05, 0.1) is 21.3 Å². The van der Waals surface area contributed by atoms with Crippen molar-refractivity contribution in [3.8, 4) is 0 Å². The van der Waals surface area contributed by atoms with Gasteiger partial charge in [0.15, 0.2) is 0 Å². The maximum atomic E-state index is 12.3. The van der Waals surface area contributed by atoms with Crippen molar-refractivity contribution in [2.75, 3.05) is 24.5 Å². The monoisotopic (exact) mass is 299 g/mol. The molecule has 19 heavy (non-hydrogen) atoms. The Bertz CT molecular complexity index is 549. The van der Waals surface area contributed by atoms with Crippen molar-refractivity contribution in [2.24, 2.45) is 0 Å². The highest BCUT2D eigenvalue weighted by Gasteiger charge is 2.41. The molecule has 0 spiro atoms. The lowest BCUT2D eigenvalue weighted by Gasteiger charge is -2.46. The summed E-state index contributed by atoms with van der Waals surface area (Å²) in [6.45, 7) is 4.63. The Hall–Kier alpha value is -0.970. The average molecular weight is 300 g/mol. The largest absolute Gasteiger partial charge is 0.347 e. The molecule has 1 atom stereocenters. The first kappa shape index (κ1) is 13.0. The molecule has 6 heteroatoms. The molecule has 0 aromatic heterocycles. The quantitative estimate of drug-likeness (QED) is 0.772. The van der Waals surface area contributed by atoms with E-state index < -0.39 is 0 Å². The van der Waals surface area contributed by atoms with Crippen LogP contribution in [0.2, 0.25) is 10.0 Å². The van der Waals surface area contributed by atoms with Crippen molar-refractivity contribution in [3.05, 3.63) is 27.7 Å². The fourth-order valence-electron chi connectivity index (χ4n) is 2.83. The Morgan fingerprint density at radius 1 is 1.32 bits per heavy atom. The zero-order valence-electron chi connectivity index (χ0n) is 10.6. The molecule has 0 aliphatic carbocycles. The molecule has 1 saturated heterocycles. The predicted octanol–water partition coefficient (Wildman–Crippen LogP) is 2.25. The lowest BCUT2D eigenvalue weighted by molar-refractivity contribution is 0.0887. The Morgan fingerprint density at radius 2 is 2.11 bits per heavy atom. The van der Waals surface area contributed by atoms with Gasteiger partial charge in [-0.15, -0.1) is 0 Å². The lowest BCUT2D eigenvalue weighted by Crippen LogP contribution is -2.62. The number of benzene rings is 1. The van der Waals surface area contributed by atoms with Gasteiger partial charge in [-0.3, -0.25) is 4.79 Å².